The van der Waals surface area contributed by atoms with Gasteiger partial charge in [-0.25, -0.2) is 0 Å². The average molecular weight is 337 g/mol. The van der Waals surface area contributed by atoms with Crippen LogP contribution in [-0.2, 0) is 4.74 Å². The second-order valence-corrected chi connectivity index (χ2v) is 7.57. The van der Waals surface area contributed by atoms with Crippen molar-refractivity contribution in [2.24, 2.45) is 0 Å². The van der Waals surface area contributed by atoms with Crippen molar-refractivity contribution in [2.45, 2.75) is 25.4 Å². The van der Waals surface area contributed by atoms with Gasteiger partial charge in [0.25, 0.3) is 5.91 Å². The summed E-state index contributed by atoms with van der Waals surface area (Å²) in [7, 11) is 2.17. The molecular weight excluding hydrogens is 310 g/mol. The Hall–Kier alpha value is -0.950. The largest absolute Gasteiger partial charge is 0.373 e. The molecule has 0 saturated carbocycles. The number of ether oxygens (including phenoxy) is 1. The molecule has 6 heteroatoms. The van der Waals surface area contributed by atoms with Crippen LogP contribution in [0.4, 0.5) is 0 Å². The molecule has 1 N–H and O–H groups in total. The highest BCUT2D eigenvalue weighted by Crippen LogP contribution is 2.33. The Morgan fingerprint density at radius 2 is 2.17 bits per heavy atom. The Balaban J connectivity index is 1.36. The SMILES string of the molecule is CN1CCN(CCCNC(=O)c2ccc([C@@H]3CCCO3)s2)CC1. The first-order valence-electron chi connectivity index (χ1n) is 8.63. The van der Waals surface area contributed by atoms with Gasteiger partial charge in [-0.3, -0.25) is 4.79 Å². The Bertz CT molecular complexity index is 506. The third-order valence-corrected chi connectivity index (χ3v) is 5.81. The summed E-state index contributed by atoms with van der Waals surface area (Å²) in [5.41, 5.74) is 0. The van der Waals surface area contributed by atoms with E-state index >= 15 is 0 Å². The molecule has 5 nitrogen and oxygen atoms in total. The summed E-state index contributed by atoms with van der Waals surface area (Å²) in [5, 5.41) is 3.04. The van der Waals surface area contributed by atoms with Crippen LogP contribution in [0.5, 0.6) is 0 Å². The lowest BCUT2D eigenvalue weighted by molar-refractivity contribution is 0.0953. The molecule has 3 heterocycles. The molecule has 0 radical (unpaired) electrons. The minimum atomic E-state index is 0.0534. The molecule has 1 aromatic rings. The van der Waals surface area contributed by atoms with Gasteiger partial charge in [-0.05, 0) is 45.0 Å². The van der Waals surface area contributed by atoms with Crippen LogP contribution in [0.3, 0.4) is 0 Å². The van der Waals surface area contributed by atoms with E-state index in [0.717, 1.165) is 70.0 Å². The Kier molecular flexibility index (Phi) is 6.05. The maximum atomic E-state index is 12.2. The molecule has 0 aromatic carbocycles. The van der Waals surface area contributed by atoms with E-state index in [1.807, 2.05) is 12.1 Å². The summed E-state index contributed by atoms with van der Waals surface area (Å²) in [5.74, 6) is 0.0534. The van der Waals surface area contributed by atoms with Crippen molar-refractivity contribution < 1.29 is 9.53 Å². The highest BCUT2D eigenvalue weighted by atomic mass is 32.1. The fourth-order valence-electron chi connectivity index (χ4n) is 3.11. The first kappa shape index (κ1) is 16.9. The number of amides is 1. The number of likely N-dealkylation sites (N-methyl/N-ethyl adjacent to an activating group) is 1. The first-order chi connectivity index (χ1) is 11.2. The quantitative estimate of drug-likeness (QED) is 0.806. The molecule has 2 aliphatic heterocycles. The summed E-state index contributed by atoms with van der Waals surface area (Å²) in [4.78, 5) is 19.0. The molecule has 1 aromatic heterocycles. The molecule has 3 rings (SSSR count). The van der Waals surface area contributed by atoms with E-state index in [4.69, 9.17) is 4.74 Å². The fraction of sp³-hybridized carbons (Fsp3) is 0.706. The van der Waals surface area contributed by atoms with Crippen LogP contribution >= 0.6 is 11.3 Å². The van der Waals surface area contributed by atoms with E-state index in [0.29, 0.717) is 0 Å². The lowest BCUT2D eigenvalue weighted by Gasteiger charge is -2.32. The number of nitrogens with zero attached hydrogens (tertiary/aromatic N) is 2. The normalized spacial score (nSPS) is 23.3. The molecule has 2 aliphatic rings. The lowest BCUT2D eigenvalue weighted by atomic mass is 10.2. The van der Waals surface area contributed by atoms with Crippen LogP contribution in [0.15, 0.2) is 12.1 Å². The van der Waals surface area contributed by atoms with E-state index in [2.05, 4.69) is 22.2 Å². The molecule has 0 bridgehead atoms. The van der Waals surface area contributed by atoms with E-state index in [-0.39, 0.29) is 12.0 Å². The molecular formula is C17H27N3O2S. The van der Waals surface area contributed by atoms with Crippen molar-refractivity contribution in [1.82, 2.24) is 15.1 Å². The van der Waals surface area contributed by atoms with E-state index < -0.39 is 0 Å². The van der Waals surface area contributed by atoms with Crippen LogP contribution in [0.25, 0.3) is 0 Å². The van der Waals surface area contributed by atoms with E-state index in [9.17, 15) is 4.79 Å². The average Bonchev–Trinajstić information content (AvgIpc) is 3.23. The van der Waals surface area contributed by atoms with Crippen molar-refractivity contribution in [2.75, 3.05) is 52.9 Å². The van der Waals surface area contributed by atoms with E-state index in [1.165, 1.54) is 4.88 Å². The number of carbonyl (C=O) groups is 1. The van der Waals surface area contributed by atoms with Crippen molar-refractivity contribution in [3.05, 3.63) is 21.9 Å². The summed E-state index contributed by atoms with van der Waals surface area (Å²) in [6.07, 6.45) is 3.42. The van der Waals surface area contributed by atoms with Crippen LogP contribution < -0.4 is 5.32 Å². The number of hydrogen-bond acceptors (Lipinski definition) is 5. The predicted molar refractivity (Wildman–Crippen MR) is 93.1 cm³/mol. The molecule has 23 heavy (non-hydrogen) atoms. The number of nitrogens with one attached hydrogen (secondary N) is 1. The number of thiophene rings is 1. The van der Waals surface area contributed by atoms with Gasteiger partial charge in [0.15, 0.2) is 0 Å². The van der Waals surface area contributed by atoms with Gasteiger partial charge in [-0.2, -0.15) is 0 Å². The summed E-state index contributed by atoms with van der Waals surface area (Å²) in [6, 6.07) is 3.97. The number of hydrogen-bond donors (Lipinski definition) is 1. The monoisotopic (exact) mass is 337 g/mol. The molecule has 0 aliphatic carbocycles. The van der Waals surface area contributed by atoms with Gasteiger partial charge < -0.3 is 19.9 Å². The Morgan fingerprint density at radius 3 is 2.91 bits per heavy atom. The van der Waals surface area contributed by atoms with Crippen LogP contribution in [-0.4, -0.2) is 68.6 Å². The first-order valence-corrected chi connectivity index (χ1v) is 9.44. The van der Waals surface area contributed by atoms with Crippen LogP contribution in [0.2, 0.25) is 0 Å². The van der Waals surface area contributed by atoms with Gasteiger partial charge in [0.05, 0.1) is 11.0 Å². The van der Waals surface area contributed by atoms with Gasteiger partial charge in [-0.15, -0.1) is 11.3 Å². The molecule has 0 spiro atoms. The van der Waals surface area contributed by atoms with Gasteiger partial charge in [-0.1, -0.05) is 0 Å². The zero-order chi connectivity index (χ0) is 16.1. The summed E-state index contributed by atoms with van der Waals surface area (Å²) < 4.78 is 5.68. The third kappa shape index (κ3) is 4.76. The van der Waals surface area contributed by atoms with E-state index in [1.54, 1.807) is 11.3 Å². The Labute approximate surface area is 142 Å². The lowest BCUT2D eigenvalue weighted by Crippen LogP contribution is -2.45. The van der Waals surface area contributed by atoms with Crippen molar-refractivity contribution in [3.8, 4) is 0 Å². The topological polar surface area (TPSA) is 44.8 Å². The summed E-state index contributed by atoms with van der Waals surface area (Å²) >= 11 is 1.57. The van der Waals surface area contributed by atoms with Crippen molar-refractivity contribution in [1.29, 1.82) is 0 Å². The molecule has 1 atom stereocenters. The number of rotatable bonds is 6. The molecule has 1 amide bonds. The highest BCUT2D eigenvalue weighted by molar-refractivity contribution is 7.14. The zero-order valence-corrected chi connectivity index (χ0v) is 14.7. The molecule has 128 valence electrons. The summed E-state index contributed by atoms with van der Waals surface area (Å²) in [6.45, 7) is 7.23. The zero-order valence-electron chi connectivity index (χ0n) is 13.9. The fourth-order valence-corrected chi connectivity index (χ4v) is 4.12. The van der Waals surface area contributed by atoms with Crippen LogP contribution in [0, 0.1) is 0 Å². The third-order valence-electron chi connectivity index (χ3n) is 4.63. The standard InChI is InChI=1S/C17H27N3O2S/c1-19-9-11-20(12-10-19)8-3-7-18-17(21)16-6-5-15(23-16)14-4-2-13-22-14/h5-6,14H,2-4,7-13H2,1H3,(H,18,21)/t14-/m0/s1. The maximum absolute atomic E-state index is 12.2. The smallest absolute Gasteiger partial charge is 0.261 e. The molecule has 2 fully saturated rings. The molecule has 2 saturated heterocycles. The van der Waals surface area contributed by atoms with Gasteiger partial charge >= 0.3 is 0 Å². The van der Waals surface area contributed by atoms with Gasteiger partial charge in [0.2, 0.25) is 0 Å². The minimum absolute atomic E-state index is 0.0534. The second-order valence-electron chi connectivity index (χ2n) is 6.46. The van der Waals surface area contributed by atoms with Crippen molar-refractivity contribution in [3.63, 3.8) is 0 Å². The number of piperazine rings is 1. The highest BCUT2D eigenvalue weighted by Gasteiger charge is 2.20. The predicted octanol–water partition coefficient (Wildman–Crippen LogP) is 1.97. The maximum Gasteiger partial charge on any atom is 0.261 e. The van der Waals surface area contributed by atoms with Crippen LogP contribution in [0.1, 0.15) is 39.9 Å². The number of carbonyl (C=O) groups excluding carboxylic acids is 1. The second kappa shape index (κ2) is 8.24. The molecule has 0 unspecified atom stereocenters. The van der Waals surface area contributed by atoms with Crippen molar-refractivity contribution >= 4 is 17.2 Å². The van der Waals surface area contributed by atoms with Gasteiger partial charge in [0.1, 0.15) is 0 Å². The minimum Gasteiger partial charge on any atom is -0.373 e. The Morgan fingerprint density at radius 1 is 1.35 bits per heavy atom. The van der Waals surface area contributed by atoms with Gasteiger partial charge in [0, 0.05) is 44.2 Å².